The first-order valence-corrected chi connectivity index (χ1v) is 6.33. The number of aromatic nitrogens is 1. The molecule has 0 atom stereocenters. The van der Waals surface area contributed by atoms with Crippen LogP contribution >= 0.6 is 0 Å². The second-order valence-corrected chi connectivity index (χ2v) is 4.64. The molecule has 1 saturated heterocycles. The van der Waals surface area contributed by atoms with Gasteiger partial charge in [0.25, 0.3) is 0 Å². The topological polar surface area (TPSA) is 37.4 Å². The quantitative estimate of drug-likeness (QED) is 0.864. The van der Waals surface area contributed by atoms with E-state index < -0.39 is 0 Å². The van der Waals surface area contributed by atoms with Crippen LogP contribution in [0.5, 0.6) is 5.75 Å². The average molecular weight is 235 g/mol. The zero-order valence-corrected chi connectivity index (χ0v) is 10.6. The molecule has 0 radical (unpaired) electrons. The predicted molar refractivity (Wildman–Crippen MR) is 69.7 cm³/mol. The van der Waals surface area contributed by atoms with Crippen LogP contribution in [0, 0.1) is 0 Å². The standard InChI is InChI=1S/C13H21N3O/c1-11(2)17-13-8-12(9-15-10-13)16-6-3-4-14-5-7-16/h8-11,14H,3-7H2,1-2H3. The number of nitrogens with zero attached hydrogens (tertiary/aromatic N) is 2. The van der Waals surface area contributed by atoms with Gasteiger partial charge in [-0.3, -0.25) is 4.98 Å². The van der Waals surface area contributed by atoms with Gasteiger partial charge in [0.1, 0.15) is 5.75 Å². The van der Waals surface area contributed by atoms with E-state index in [-0.39, 0.29) is 6.10 Å². The first-order valence-electron chi connectivity index (χ1n) is 6.33. The molecule has 0 saturated carbocycles. The Balaban J connectivity index is 2.08. The zero-order valence-electron chi connectivity index (χ0n) is 10.6. The molecular formula is C13H21N3O. The highest BCUT2D eigenvalue weighted by atomic mass is 16.5. The molecule has 1 aromatic heterocycles. The minimum atomic E-state index is 0.192. The van der Waals surface area contributed by atoms with E-state index in [0.29, 0.717) is 0 Å². The van der Waals surface area contributed by atoms with E-state index in [4.69, 9.17) is 4.74 Å². The lowest BCUT2D eigenvalue weighted by molar-refractivity contribution is 0.241. The van der Waals surface area contributed by atoms with Crippen LogP contribution in [-0.4, -0.2) is 37.3 Å². The van der Waals surface area contributed by atoms with Gasteiger partial charge < -0.3 is 15.0 Å². The number of pyridine rings is 1. The maximum atomic E-state index is 5.67. The van der Waals surface area contributed by atoms with Gasteiger partial charge >= 0.3 is 0 Å². The van der Waals surface area contributed by atoms with Crippen molar-refractivity contribution in [3.63, 3.8) is 0 Å². The number of hydrogen-bond acceptors (Lipinski definition) is 4. The normalized spacial score (nSPS) is 17.0. The van der Waals surface area contributed by atoms with E-state index in [0.717, 1.165) is 37.6 Å². The molecule has 0 unspecified atom stereocenters. The van der Waals surface area contributed by atoms with Crippen LogP contribution in [0.3, 0.4) is 0 Å². The smallest absolute Gasteiger partial charge is 0.140 e. The molecule has 1 aromatic rings. The number of rotatable bonds is 3. The van der Waals surface area contributed by atoms with Crippen molar-refractivity contribution in [3.05, 3.63) is 18.5 Å². The molecule has 1 fully saturated rings. The van der Waals surface area contributed by atoms with Crippen molar-refractivity contribution < 1.29 is 4.74 Å². The van der Waals surface area contributed by atoms with Crippen LogP contribution in [-0.2, 0) is 0 Å². The minimum Gasteiger partial charge on any atom is -0.489 e. The van der Waals surface area contributed by atoms with Crippen LogP contribution in [0.2, 0.25) is 0 Å². The highest BCUT2D eigenvalue weighted by Gasteiger charge is 2.10. The molecule has 0 aliphatic carbocycles. The number of nitrogens with one attached hydrogen (secondary N) is 1. The van der Waals surface area contributed by atoms with Crippen molar-refractivity contribution in [2.75, 3.05) is 31.1 Å². The van der Waals surface area contributed by atoms with Gasteiger partial charge in [-0.2, -0.15) is 0 Å². The van der Waals surface area contributed by atoms with Gasteiger partial charge in [-0.05, 0) is 26.8 Å². The fraction of sp³-hybridized carbons (Fsp3) is 0.615. The van der Waals surface area contributed by atoms with Crippen molar-refractivity contribution in [2.24, 2.45) is 0 Å². The Hall–Kier alpha value is -1.29. The zero-order chi connectivity index (χ0) is 12.1. The second-order valence-electron chi connectivity index (χ2n) is 4.64. The third-order valence-electron chi connectivity index (χ3n) is 2.78. The van der Waals surface area contributed by atoms with Gasteiger partial charge in [-0.25, -0.2) is 0 Å². The Bertz CT molecular complexity index is 346. The van der Waals surface area contributed by atoms with E-state index in [2.05, 4.69) is 21.3 Å². The summed E-state index contributed by atoms with van der Waals surface area (Å²) in [5.41, 5.74) is 1.16. The molecule has 4 heteroatoms. The molecule has 94 valence electrons. The molecule has 1 aliphatic rings. The Morgan fingerprint density at radius 1 is 1.29 bits per heavy atom. The highest BCUT2D eigenvalue weighted by molar-refractivity contribution is 5.48. The lowest BCUT2D eigenvalue weighted by atomic mass is 10.3. The van der Waals surface area contributed by atoms with Crippen LogP contribution in [0.1, 0.15) is 20.3 Å². The molecule has 2 heterocycles. The first-order chi connectivity index (χ1) is 8.25. The molecule has 0 aromatic carbocycles. The molecular weight excluding hydrogens is 214 g/mol. The van der Waals surface area contributed by atoms with Gasteiger partial charge in [0.15, 0.2) is 0 Å². The van der Waals surface area contributed by atoms with Crippen molar-refractivity contribution in [3.8, 4) is 5.75 Å². The van der Waals surface area contributed by atoms with Crippen molar-refractivity contribution in [1.82, 2.24) is 10.3 Å². The molecule has 0 amide bonds. The Kier molecular flexibility index (Phi) is 4.20. The lowest BCUT2D eigenvalue weighted by Crippen LogP contribution is -2.27. The number of anilines is 1. The summed E-state index contributed by atoms with van der Waals surface area (Å²) in [6, 6.07) is 2.08. The van der Waals surface area contributed by atoms with Crippen LogP contribution in [0.15, 0.2) is 18.5 Å². The van der Waals surface area contributed by atoms with Gasteiger partial charge in [-0.15, -0.1) is 0 Å². The molecule has 0 bridgehead atoms. The Morgan fingerprint density at radius 2 is 2.18 bits per heavy atom. The van der Waals surface area contributed by atoms with E-state index in [9.17, 15) is 0 Å². The van der Waals surface area contributed by atoms with Gasteiger partial charge in [0.05, 0.1) is 24.2 Å². The highest BCUT2D eigenvalue weighted by Crippen LogP contribution is 2.20. The predicted octanol–water partition coefficient (Wildman–Crippen LogP) is 1.67. The number of hydrogen-bond donors (Lipinski definition) is 1. The van der Waals surface area contributed by atoms with Gasteiger partial charge in [0, 0.05) is 25.7 Å². The number of ether oxygens (including phenoxy) is 1. The minimum absolute atomic E-state index is 0.192. The second kappa shape index (κ2) is 5.87. The summed E-state index contributed by atoms with van der Waals surface area (Å²) >= 11 is 0. The first kappa shape index (κ1) is 12.2. The molecule has 1 aliphatic heterocycles. The van der Waals surface area contributed by atoms with Gasteiger partial charge in [0.2, 0.25) is 0 Å². The third kappa shape index (κ3) is 3.60. The molecule has 17 heavy (non-hydrogen) atoms. The SMILES string of the molecule is CC(C)Oc1cncc(N2CCCNCC2)c1. The summed E-state index contributed by atoms with van der Waals surface area (Å²) < 4.78 is 5.67. The molecule has 0 spiro atoms. The summed E-state index contributed by atoms with van der Waals surface area (Å²) in [6.45, 7) is 8.32. The van der Waals surface area contributed by atoms with Crippen molar-refractivity contribution in [1.29, 1.82) is 0 Å². The largest absolute Gasteiger partial charge is 0.489 e. The molecule has 1 N–H and O–H groups in total. The summed E-state index contributed by atoms with van der Waals surface area (Å²) in [7, 11) is 0. The average Bonchev–Trinajstić information content (AvgIpc) is 2.57. The summed E-state index contributed by atoms with van der Waals surface area (Å²) in [5.74, 6) is 0.856. The Morgan fingerprint density at radius 3 is 3.00 bits per heavy atom. The fourth-order valence-corrected chi connectivity index (χ4v) is 2.02. The maximum absolute atomic E-state index is 5.67. The van der Waals surface area contributed by atoms with E-state index in [1.54, 1.807) is 6.20 Å². The Labute approximate surface area is 103 Å². The van der Waals surface area contributed by atoms with Crippen LogP contribution in [0.4, 0.5) is 5.69 Å². The summed E-state index contributed by atoms with van der Waals surface area (Å²) in [5, 5.41) is 3.40. The monoisotopic (exact) mass is 235 g/mol. The van der Waals surface area contributed by atoms with E-state index in [1.807, 2.05) is 20.0 Å². The van der Waals surface area contributed by atoms with E-state index in [1.165, 1.54) is 6.42 Å². The third-order valence-corrected chi connectivity index (χ3v) is 2.78. The van der Waals surface area contributed by atoms with Crippen molar-refractivity contribution >= 4 is 5.69 Å². The maximum Gasteiger partial charge on any atom is 0.140 e. The lowest BCUT2D eigenvalue weighted by Gasteiger charge is -2.22. The van der Waals surface area contributed by atoms with Gasteiger partial charge in [-0.1, -0.05) is 0 Å². The fourth-order valence-electron chi connectivity index (χ4n) is 2.02. The van der Waals surface area contributed by atoms with Crippen LogP contribution < -0.4 is 15.0 Å². The summed E-state index contributed by atoms with van der Waals surface area (Å²) in [6.07, 6.45) is 5.06. The van der Waals surface area contributed by atoms with Crippen molar-refractivity contribution in [2.45, 2.75) is 26.4 Å². The van der Waals surface area contributed by atoms with Crippen LogP contribution in [0.25, 0.3) is 0 Å². The van der Waals surface area contributed by atoms with E-state index >= 15 is 0 Å². The summed E-state index contributed by atoms with van der Waals surface area (Å²) in [4.78, 5) is 6.62. The molecule has 4 nitrogen and oxygen atoms in total. The molecule has 2 rings (SSSR count).